The number of amides is 1. The Morgan fingerprint density at radius 3 is 2.53 bits per heavy atom. The van der Waals surface area contributed by atoms with E-state index in [1.165, 1.54) is 6.20 Å². The van der Waals surface area contributed by atoms with Gasteiger partial charge in [-0.05, 0) is 24.3 Å². The summed E-state index contributed by atoms with van der Waals surface area (Å²) >= 11 is 5.63. The first kappa shape index (κ1) is 11.4. The van der Waals surface area contributed by atoms with E-state index in [4.69, 9.17) is 11.6 Å². The van der Waals surface area contributed by atoms with Gasteiger partial charge in [0.2, 0.25) is 0 Å². The van der Waals surface area contributed by atoms with Crippen molar-refractivity contribution in [3.05, 3.63) is 59.4 Å². The third-order valence-electron chi connectivity index (χ3n) is 2.08. The smallest absolute Gasteiger partial charge is 0.271 e. The highest BCUT2D eigenvalue weighted by molar-refractivity contribution is 6.29. The molecule has 0 aliphatic carbocycles. The van der Waals surface area contributed by atoms with Crippen LogP contribution >= 0.6 is 11.6 Å². The number of rotatable bonds is 3. The molecule has 0 fully saturated rings. The van der Waals surface area contributed by atoms with Crippen molar-refractivity contribution in [2.45, 2.75) is 0 Å². The van der Waals surface area contributed by atoms with Gasteiger partial charge in [-0.25, -0.2) is 4.98 Å². The number of benzene rings is 1. The number of halogens is 1. The minimum Gasteiger partial charge on any atom is -0.298 e. The van der Waals surface area contributed by atoms with Crippen LogP contribution in [0.1, 0.15) is 10.4 Å². The van der Waals surface area contributed by atoms with Crippen molar-refractivity contribution < 1.29 is 4.79 Å². The van der Waals surface area contributed by atoms with Gasteiger partial charge in [-0.2, -0.15) is 0 Å². The van der Waals surface area contributed by atoms with Crippen molar-refractivity contribution in [1.82, 2.24) is 10.4 Å². The summed E-state index contributed by atoms with van der Waals surface area (Å²) in [5, 5.41) is 0.359. The molecule has 5 heteroatoms. The summed E-state index contributed by atoms with van der Waals surface area (Å²) in [5.41, 5.74) is 6.61. The van der Waals surface area contributed by atoms with Crippen molar-refractivity contribution in [3.8, 4) is 0 Å². The predicted octanol–water partition coefficient (Wildman–Crippen LogP) is 2.49. The Hall–Kier alpha value is -2.07. The fourth-order valence-electron chi connectivity index (χ4n) is 1.23. The van der Waals surface area contributed by atoms with E-state index >= 15 is 0 Å². The second kappa shape index (κ2) is 5.32. The molecule has 17 heavy (non-hydrogen) atoms. The van der Waals surface area contributed by atoms with Crippen LogP contribution in [0.2, 0.25) is 5.15 Å². The van der Waals surface area contributed by atoms with Crippen LogP contribution < -0.4 is 10.9 Å². The molecule has 0 spiro atoms. The summed E-state index contributed by atoms with van der Waals surface area (Å²) < 4.78 is 0. The number of para-hydroxylation sites is 1. The first-order valence-corrected chi connectivity index (χ1v) is 5.36. The Balaban J connectivity index is 1.96. The highest BCUT2D eigenvalue weighted by Gasteiger charge is 2.04. The zero-order chi connectivity index (χ0) is 12.1. The van der Waals surface area contributed by atoms with E-state index in [-0.39, 0.29) is 5.91 Å². The quantitative estimate of drug-likeness (QED) is 0.647. The number of hydrogen-bond acceptors (Lipinski definition) is 3. The molecule has 86 valence electrons. The van der Waals surface area contributed by atoms with Crippen molar-refractivity contribution in [2.24, 2.45) is 0 Å². The first-order valence-electron chi connectivity index (χ1n) is 4.98. The van der Waals surface area contributed by atoms with Gasteiger partial charge in [0, 0.05) is 6.20 Å². The Kier molecular flexibility index (Phi) is 3.57. The lowest BCUT2D eigenvalue weighted by Gasteiger charge is -2.07. The Bertz CT molecular complexity index is 499. The lowest BCUT2D eigenvalue weighted by molar-refractivity contribution is 0.0962. The molecule has 1 heterocycles. The molecule has 1 aromatic carbocycles. The van der Waals surface area contributed by atoms with Crippen molar-refractivity contribution in [3.63, 3.8) is 0 Å². The van der Waals surface area contributed by atoms with Crippen LogP contribution in [-0.2, 0) is 0 Å². The fourth-order valence-corrected chi connectivity index (χ4v) is 1.34. The van der Waals surface area contributed by atoms with Crippen LogP contribution in [0.4, 0.5) is 5.69 Å². The lowest BCUT2D eigenvalue weighted by atomic mass is 10.3. The van der Waals surface area contributed by atoms with Gasteiger partial charge < -0.3 is 0 Å². The minimum absolute atomic E-state index is 0.266. The average molecular weight is 248 g/mol. The SMILES string of the molecule is O=C(NNc1ccccc1)c1ccc(Cl)nc1. The largest absolute Gasteiger partial charge is 0.298 e. The molecule has 0 bridgehead atoms. The number of carbonyl (C=O) groups is 1. The highest BCUT2D eigenvalue weighted by atomic mass is 35.5. The summed E-state index contributed by atoms with van der Waals surface area (Å²) in [4.78, 5) is 15.5. The number of nitrogens with one attached hydrogen (secondary N) is 2. The van der Waals surface area contributed by atoms with Gasteiger partial charge in [-0.3, -0.25) is 15.6 Å². The van der Waals surface area contributed by atoms with Gasteiger partial charge in [0.25, 0.3) is 5.91 Å². The van der Waals surface area contributed by atoms with Gasteiger partial charge >= 0.3 is 0 Å². The number of hydrazine groups is 1. The number of hydrogen-bond donors (Lipinski definition) is 2. The molecule has 0 unspecified atom stereocenters. The monoisotopic (exact) mass is 247 g/mol. The van der Waals surface area contributed by atoms with Crippen molar-refractivity contribution >= 4 is 23.2 Å². The lowest BCUT2D eigenvalue weighted by Crippen LogP contribution is -2.29. The van der Waals surface area contributed by atoms with Crippen LogP contribution in [-0.4, -0.2) is 10.9 Å². The molecule has 2 rings (SSSR count). The summed E-state index contributed by atoms with van der Waals surface area (Å²) in [6.07, 6.45) is 1.42. The number of pyridine rings is 1. The topological polar surface area (TPSA) is 54.0 Å². The van der Waals surface area contributed by atoms with E-state index in [1.807, 2.05) is 30.3 Å². The van der Waals surface area contributed by atoms with Crippen LogP contribution in [0, 0.1) is 0 Å². The maximum Gasteiger partial charge on any atom is 0.271 e. The number of nitrogens with zero attached hydrogens (tertiary/aromatic N) is 1. The molecule has 2 N–H and O–H groups in total. The summed E-state index contributed by atoms with van der Waals surface area (Å²) in [6, 6.07) is 12.5. The molecule has 0 radical (unpaired) electrons. The molecule has 0 atom stereocenters. The van der Waals surface area contributed by atoms with Crippen LogP contribution in [0.15, 0.2) is 48.7 Å². The Labute approximate surface area is 104 Å². The normalized spacial score (nSPS) is 9.71. The maximum atomic E-state index is 11.7. The van der Waals surface area contributed by atoms with E-state index in [0.29, 0.717) is 10.7 Å². The van der Waals surface area contributed by atoms with Crippen LogP contribution in [0.5, 0.6) is 0 Å². The maximum absolute atomic E-state index is 11.7. The second-order valence-corrected chi connectivity index (χ2v) is 3.70. The predicted molar refractivity (Wildman–Crippen MR) is 66.8 cm³/mol. The Morgan fingerprint density at radius 2 is 1.88 bits per heavy atom. The molecule has 0 aliphatic rings. The van der Waals surface area contributed by atoms with E-state index in [9.17, 15) is 4.79 Å². The van der Waals surface area contributed by atoms with Gasteiger partial charge in [0.15, 0.2) is 0 Å². The third-order valence-corrected chi connectivity index (χ3v) is 2.31. The van der Waals surface area contributed by atoms with Gasteiger partial charge in [-0.15, -0.1) is 0 Å². The van der Waals surface area contributed by atoms with Gasteiger partial charge in [-0.1, -0.05) is 29.8 Å². The molecular formula is C12H10ClN3O. The number of carbonyl (C=O) groups excluding carboxylic acids is 1. The number of anilines is 1. The summed E-state index contributed by atoms with van der Waals surface area (Å²) in [7, 11) is 0. The molecular weight excluding hydrogens is 238 g/mol. The minimum atomic E-state index is -0.266. The number of aromatic nitrogens is 1. The second-order valence-electron chi connectivity index (χ2n) is 3.31. The first-order chi connectivity index (χ1) is 8.25. The van der Waals surface area contributed by atoms with Crippen LogP contribution in [0.25, 0.3) is 0 Å². The molecule has 4 nitrogen and oxygen atoms in total. The zero-order valence-electron chi connectivity index (χ0n) is 8.85. The van der Waals surface area contributed by atoms with Crippen LogP contribution in [0.3, 0.4) is 0 Å². The molecule has 0 saturated carbocycles. The Morgan fingerprint density at radius 1 is 1.12 bits per heavy atom. The third kappa shape index (κ3) is 3.19. The molecule has 0 aliphatic heterocycles. The highest BCUT2D eigenvalue weighted by Crippen LogP contribution is 2.06. The average Bonchev–Trinajstić information content (AvgIpc) is 2.38. The molecule has 1 aromatic heterocycles. The van der Waals surface area contributed by atoms with E-state index < -0.39 is 0 Å². The molecule has 2 aromatic rings. The van der Waals surface area contributed by atoms with Gasteiger partial charge in [0.05, 0.1) is 11.3 Å². The standard InChI is InChI=1S/C12H10ClN3O/c13-11-7-6-9(8-14-11)12(17)16-15-10-4-2-1-3-5-10/h1-8,15H,(H,16,17). The molecule has 0 saturated heterocycles. The summed E-state index contributed by atoms with van der Waals surface area (Å²) in [6.45, 7) is 0. The molecule has 1 amide bonds. The van der Waals surface area contributed by atoms with E-state index in [1.54, 1.807) is 12.1 Å². The van der Waals surface area contributed by atoms with Crippen molar-refractivity contribution in [1.29, 1.82) is 0 Å². The fraction of sp³-hybridized carbons (Fsp3) is 0. The summed E-state index contributed by atoms with van der Waals surface area (Å²) in [5.74, 6) is -0.266. The zero-order valence-corrected chi connectivity index (χ0v) is 9.61. The van der Waals surface area contributed by atoms with Crippen molar-refractivity contribution in [2.75, 3.05) is 5.43 Å². The van der Waals surface area contributed by atoms with E-state index in [0.717, 1.165) is 5.69 Å². The van der Waals surface area contributed by atoms with E-state index in [2.05, 4.69) is 15.8 Å². The van der Waals surface area contributed by atoms with Gasteiger partial charge in [0.1, 0.15) is 5.15 Å².